The first-order chi connectivity index (χ1) is 11.7. The summed E-state index contributed by atoms with van der Waals surface area (Å²) in [6.07, 6.45) is 5.84. The maximum absolute atomic E-state index is 12.0. The van der Waals surface area contributed by atoms with Gasteiger partial charge in [-0.15, -0.1) is 0 Å². The zero-order valence-corrected chi connectivity index (χ0v) is 13.1. The second-order valence-corrected chi connectivity index (χ2v) is 5.75. The van der Waals surface area contributed by atoms with E-state index in [0.29, 0.717) is 13.1 Å². The number of amides is 4. The van der Waals surface area contributed by atoms with E-state index in [0.717, 1.165) is 25.7 Å². The molecule has 4 amide bonds. The highest BCUT2D eigenvalue weighted by Gasteiger charge is 2.30. The Kier molecular flexibility index (Phi) is 4.74. The van der Waals surface area contributed by atoms with E-state index in [1.165, 1.54) is 17.3 Å². The van der Waals surface area contributed by atoms with Crippen LogP contribution in [0.3, 0.4) is 0 Å². The first kappa shape index (κ1) is 16.0. The van der Waals surface area contributed by atoms with E-state index in [-0.39, 0.29) is 35.8 Å². The van der Waals surface area contributed by atoms with Gasteiger partial charge in [0.2, 0.25) is 5.69 Å². The Morgan fingerprint density at radius 1 is 1.33 bits per heavy atom. The number of nitrogens with one attached hydrogen (secondary N) is 2. The zero-order chi connectivity index (χ0) is 16.9. The van der Waals surface area contributed by atoms with Crippen LogP contribution in [0.15, 0.2) is 12.4 Å². The fourth-order valence-corrected chi connectivity index (χ4v) is 2.89. The number of carbonyl (C=O) groups excluding carboxylic acids is 2. The molecule has 9 nitrogen and oxygen atoms in total. The predicted molar refractivity (Wildman–Crippen MR) is 82.1 cm³/mol. The van der Waals surface area contributed by atoms with Gasteiger partial charge in [-0.05, 0) is 25.7 Å². The summed E-state index contributed by atoms with van der Waals surface area (Å²) in [5.41, 5.74) is 0.174. The lowest BCUT2D eigenvalue weighted by Crippen LogP contribution is -2.47. The van der Waals surface area contributed by atoms with Crippen LogP contribution in [0.4, 0.5) is 9.59 Å². The maximum atomic E-state index is 12.0. The van der Waals surface area contributed by atoms with Crippen molar-refractivity contribution in [3.05, 3.63) is 18.1 Å². The summed E-state index contributed by atoms with van der Waals surface area (Å²) >= 11 is 0. The fraction of sp³-hybridized carbons (Fsp3) is 0.533. The van der Waals surface area contributed by atoms with Gasteiger partial charge >= 0.3 is 12.1 Å². The average molecular weight is 330 g/mol. The number of urea groups is 2. The monoisotopic (exact) mass is 330 g/mol. The summed E-state index contributed by atoms with van der Waals surface area (Å²) < 4.78 is 5.76. The topological polar surface area (TPSA) is 120 Å². The van der Waals surface area contributed by atoms with Gasteiger partial charge in [0.15, 0.2) is 0 Å². The molecular weight excluding hydrogens is 312 g/mol. The molecule has 2 aliphatic rings. The van der Waals surface area contributed by atoms with Crippen LogP contribution < -0.4 is 15.4 Å². The number of hydrogen-bond acceptors (Lipinski definition) is 6. The van der Waals surface area contributed by atoms with Crippen LogP contribution in [-0.4, -0.2) is 52.2 Å². The molecule has 1 aliphatic heterocycles. The molecule has 126 valence electrons. The van der Waals surface area contributed by atoms with Gasteiger partial charge < -0.3 is 15.4 Å². The summed E-state index contributed by atoms with van der Waals surface area (Å²) in [4.78, 5) is 32.7. The molecule has 24 heavy (non-hydrogen) atoms. The summed E-state index contributed by atoms with van der Waals surface area (Å²) in [5, 5.41) is 14.5. The lowest BCUT2D eigenvalue weighted by molar-refractivity contribution is 0.131. The minimum atomic E-state index is -0.352. The molecule has 1 aliphatic carbocycles. The minimum Gasteiger partial charge on any atom is -0.472 e. The third-order valence-electron chi connectivity index (χ3n) is 4.15. The predicted octanol–water partition coefficient (Wildman–Crippen LogP) is 0.773. The Morgan fingerprint density at radius 2 is 2.08 bits per heavy atom. The van der Waals surface area contributed by atoms with Crippen molar-refractivity contribution in [2.45, 2.75) is 37.8 Å². The normalized spacial score (nSPS) is 23.3. The molecule has 0 radical (unpaired) electrons. The number of ether oxygens (including phenoxy) is 1. The van der Waals surface area contributed by atoms with Crippen LogP contribution in [0.25, 0.3) is 0 Å². The largest absolute Gasteiger partial charge is 0.472 e. The van der Waals surface area contributed by atoms with Crippen LogP contribution in [0, 0.1) is 11.3 Å². The van der Waals surface area contributed by atoms with Crippen LogP contribution in [0.2, 0.25) is 0 Å². The molecule has 9 heteroatoms. The molecular formula is C15H18N6O3. The van der Waals surface area contributed by atoms with Gasteiger partial charge in [0.1, 0.15) is 12.2 Å². The smallest absolute Gasteiger partial charge is 0.325 e. The van der Waals surface area contributed by atoms with E-state index in [1.807, 2.05) is 6.07 Å². The van der Waals surface area contributed by atoms with Gasteiger partial charge in [0.25, 0.3) is 5.88 Å². The lowest BCUT2D eigenvalue weighted by atomic mass is 9.93. The molecule has 1 aromatic heterocycles. The van der Waals surface area contributed by atoms with Crippen LogP contribution >= 0.6 is 0 Å². The van der Waals surface area contributed by atoms with Crippen molar-refractivity contribution in [2.24, 2.45) is 0 Å². The Balaban J connectivity index is 1.48. The highest BCUT2D eigenvalue weighted by Crippen LogP contribution is 2.24. The molecule has 0 aromatic carbocycles. The third kappa shape index (κ3) is 3.53. The van der Waals surface area contributed by atoms with Crippen molar-refractivity contribution in [3.8, 4) is 11.9 Å². The van der Waals surface area contributed by atoms with E-state index in [2.05, 4.69) is 20.6 Å². The van der Waals surface area contributed by atoms with Crippen molar-refractivity contribution >= 4 is 12.1 Å². The average Bonchev–Trinajstić information content (AvgIpc) is 3.03. The summed E-state index contributed by atoms with van der Waals surface area (Å²) in [6.45, 7) is 0.888. The quantitative estimate of drug-likeness (QED) is 0.844. The van der Waals surface area contributed by atoms with E-state index < -0.39 is 0 Å². The van der Waals surface area contributed by atoms with Gasteiger partial charge in [0, 0.05) is 31.5 Å². The van der Waals surface area contributed by atoms with Crippen LogP contribution in [-0.2, 0) is 0 Å². The van der Waals surface area contributed by atoms with Crippen molar-refractivity contribution < 1.29 is 14.3 Å². The van der Waals surface area contributed by atoms with Gasteiger partial charge in [-0.2, -0.15) is 5.26 Å². The molecule has 2 fully saturated rings. The molecule has 0 unspecified atom stereocenters. The fourth-order valence-electron chi connectivity index (χ4n) is 2.89. The highest BCUT2D eigenvalue weighted by atomic mass is 16.5. The van der Waals surface area contributed by atoms with E-state index >= 15 is 0 Å². The highest BCUT2D eigenvalue weighted by molar-refractivity contribution is 5.95. The molecule has 3 rings (SSSR count). The molecule has 1 saturated heterocycles. The number of hydrogen-bond donors (Lipinski definition) is 2. The summed E-state index contributed by atoms with van der Waals surface area (Å²) in [7, 11) is 0. The van der Waals surface area contributed by atoms with Gasteiger partial charge in [0.05, 0.1) is 0 Å². The van der Waals surface area contributed by atoms with E-state index in [1.54, 1.807) is 0 Å². The molecule has 1 aromatic rings. The first-order valence-corrected chi connectivity index (χ1v) is 7.91. The lowest BCUT2D eigenvalue weighted by Gasteiger charge is -2.30. The Labute approximate surface area is 139 Å². The molecule has 2 N–H and O–H groups in total. The molecule has 0 spiro atoms. The number of nitrogens with zero attached hydrogens (tertiary/aromatic N) is 4. The van der Waals surface area contributed by atoms with E-state index in [9.17, 15) is 9.59 Å². The number of aromatic nitrogens is 2. The van der Waals surface area contributed by atoms with Crippen LogP contribution in [0.1, 0.15) is 31.4 Å². The number of imide groups is 1. The van der Waals surface area contributed by atoms with Crippen molar-refractivity contribution in [1.82, 2.24) is 25.5 Å². The van der Waals surface area contributed by atoms with Gasteiger partial charge in [-0.3, -0.25) is 0 Å². The molecule has 0 atom stereocenters. The minimum absolute atomic E-state index is 0.0167. The number of nitriles is 1. The van der Waals surface area contributed by atoms with Crippen molar-refractivity contribution in [1.29, 1.82) is 5.26 Å². The van der Waals surface area contributed by atoms with Crippen LogP contribution in [0.5, 0.6) is 5.88 Å². The Bertz CT molecular complexity index is 665. The number of rotatable bonds is 3. The molecule has 0 bridgehead atoms. The summed E-state index contributed by atoms with van der Waals surface area (Å²) in [5.74, 6) is 0.251. The van der Waals surface area contributed by atoms with Crippen molar-refractivity contribution in [2.75, 3.05) is 13.1 Å². The zero-order valence-electron chi connectivity index (χ0n) is 13.1. The SMILES string of the molecule is N#Cc1nccnc1OC1CCC(NC(=O)N2CCNC2=O)CC1. The molecule has 1 saturated carbocycles. The van der Waals surface area contributed by atoms with E-state index in [4.69, 9.17) is 10.00 Å². The Morgan fingerprint density at radius 3 is 2.75 bits per heavy atom. The second-order valence-electron chi connectivity index (χ2n) is 5.75. The molecule has 2 heterocycles. The van der Waals surface area contributed by atoms with Gasteiger partial charge in [-0.1, -0.05) is 0 Å². The first-order valence-electron chi connectivity index (χ1n) is 7.91. The Hall–Kier alpha value is -2.89. The maximum Gasteiger partial charge on any atom is 0.325 e. The third-order valence-corrected chi connectivity index (χ3v) is 4.15. The standard InChI is InChI=1S/C15H18N6O3/c16-9-12-13(18-6-5-17-12)24-11-3-1-10(2-4-11)20-15(23)21-8-7-19-14(21)22/h5-6,10-11H,1-4,7-8H2,(H,19,22)(H,20,23). The van der Waals surface area contributed by atoms with Gasteiger partial charge in [-0.25, -0.2) is 24.5 Å². The number of carbonyl (C=O) groups is 2. The summed E-state index contributed by atoms with van der Waals surface area (Å²) in [6, 6.07) is 1.27. The van der Waals surface area contributed by atoms with Crippen molar-refractivity contribution in [3.63, 3.8) is 0 Å². The second kappa shape index (κ2) is 7.12.